The number of para-hydroxylation sites is 3. The van der Waals surface area contributed by atoms with Gasteiger partial charge in [0, 0.05) is 37.8 Å². The van der Waals surface area contributed by atoms with Gasteiger partial charge in [-0.3, -0.25) is 4.98 Å². The number of fused-ring (bicyclic) bond motifs is 1. The Balaban J connectivity index is 1.68. The Hall–Kier alpha value is -3.48. The van der Waals surface area contributed by atoms with Gasteiger partial charge in [-0.15, -0.1) is 0 Å². The summed E-state index contributed by atoms with van der Waals surface area (Å²) in [4.78, 5) is 21.9. The van der Waals surface area contributed by atoms with E-state index in [2.05, 4.69) is 20.9 Å². The smallest absolute Gasteiger partial charge is 0.341 e. The Labute approximate surface area is 188 Å². The summed E-state index contributed by atoms with van der Waals surface area (Å²) in [5.41, 5.74) is 3.17. The van der Waals surface area contributed by atoms with Crippen LogP contribution in [-0.4, -0.2) is 57.5 Å². The third-order valence-electron chi connectivity index (χ3n) is 5.65. The number of piperazine rings is 1. The monoisotopic (exact) mass is 435 g/mol. The van der Waals surface area contributed by atoms with Crippen molar-refractivity contribution in [1.29, 1.82) is 0 Å². The zero-order valence-corrected chi connectivity index (χ0v) is 18.8. The van der Waals surface area contributed by atoms with Gasteiger partial charge in [-0.2, -0.15) is 0 Å². The molecule has 0 atom stereocenters. The first kappa shape index (κ1) is 21.7. The van der Waals surface area contributed by atoms with Crippen molar-refractivity contribution in [3.05, 3.63) is 54.2 Å². The minimum absolute atomic E-state index is 0.316. The Bertz CT molecular complexity index is 1090. The van der Waals surface area contributed by atoms with Crippen molar-refractivity contribution in [3.8, 4) is 11.5 Å². The maximum absolute atomic E-state index is 12.8. The Morgan fingerprint density at radius 2 is 1.66 bits per heavy atom. The molecule has 2 aromatic carbocycles. The van der Waals surface area contributed by atoms with Gasteiger partial charge < -0.3 is 24.0 Å². The molecule has 0 aliphatic carbocycles. The molecular weight excluding hydrogens is 406 g/mol. The molecule has 1 aliphatic heterocycles. The number of benzene rings is 2. The number of hydrogen-bond donors (Lipinski definition) is 0. The maximum Gasteiger partial charge on any atom is 0.341 e. The second-order valence-electron chi connectivity index (χ2n) is 7.47. The lowest BCUT2D eigenvalue weighted by Crippen LogP contribution is -2.47. The van der Waals surface area contributed by atoms with Crippen LogP contribution in [0.4, 0.5) is 11.4 Å². The lowest BCUT2D eigenvalue weighted by molar-refractivity contribution is 0.0526. The third kappa shape index (κ3) is 4.15. The van der Waals surface area contributed by atoms with Gasteiger partial charge in [0.15, 0.2) is 0 Å². The van der Waals surface area contributed by atoms with Gasteiger partial charge in [0.1, 0.15) is 22.6 Å². The molecule has 1 aliphatic rings. The predicted octanol–water partition coefficient (Wildman–Crippen LogP) is 4.15. The molecule has 7 heteroatoms. The standard InChI is InChI=1S/C25H29N3O4/c1-4-31-21-11-7-6-10-20(21)27-13-15-28(16-14-27)24-18-9-8-12-22(30-3)23(18)26-17-19(24)25(29)32-5-2/h6-12,17H,4-5,13-16H2,1-3H3. The van der Waals surface area contributed by atoms with E-state index in [1.807, 2.05) is 50.2 Å². The van der Waals surface area contributed by atoms with E-state index in [4.69, 9.17) is 14.2 Å². The zero-order chi connectivity index (χ0) is 22.5. The van der Waals surface area contributed by atoms with Gasteiger partial charge in [0.25, 0.3) is 0 Å². The van der Waals surface area contributed by atoms with E-state index in [1.165, 1.54) is 0 Å². The molecule has 1 fully saturated rings. The zero-order valence-electron chi connectivity index (χ0n) is 18.8. The fourth-order valence-electron chi connectivity index (χ4n) is 4.21. The highest BCUT2D eigenvalue weighted by atomic mass is 16.5. The molecule has 1 saturated heterocycles. The minimum Gasteiger partial charge on any atom is -0.494 e. The summed E-state index contributed by atoms with van der Waals surface area (Å²) in [6.07, 6.45) is 1.61. The second kappa shape index (κ2) is 9.77. The van der Waals surface area contributed by atoms with Crippen LogP contribution < -0.4 is 19.3 Å². The predicted molar refractivity (Wildman–Crippen MR) is 126 cm³/mol. The average Bonchev–Trinajstić information content (AvgIpc) is 2.84. The lowest BCUT2D eigenvalue weighted by atomic mass is 10.1. The van der Waals surface area contributed by atoms with Crippen LogP contribution in [0.5, 0.6) is 11.5 Å². The first-order chi connectivity index (χ1) is 15.7. The molecule has 168 valence electrons. The molecule has 0 saturated carbocycles. The molecule has 3 aromatic rings. The van der Waals surface area contributed by atoms with E-state index in [-0.39, 0.29) is 5.97 Å². The molecular formula is C25H29N3O4. The number of methoxy groups -OCH3 is 1. The van der Waals surface area contributed by atoms with Crippen molar-refractivity contribution in [2.75, 3.05) is 56.3 Å². The van der Waals surface area contributed by atoms with E-state index in [1.54, 1.807) is 13.3 Å². The van der Waals surface area contributed by atoms with Gasteiger partial charge in [0.05, 0.1) is 31.7 Å². The maximum atomic E-state index is 12.8. The number of esters is 1. The average molecular weight is 436 g/mol. The number of hydrogen-bond acceptors (Lipinski definition) is 7. The van der Waals surface area contributed by atoms with Crippen LogP contribution in [0.1, 0.15) is 24.2 Å². The summed E-state index contributed by atoms with van der Waals surface area (Å²) in [5, 5.41) is 0.887. The van der Waals surface area contributed by atoms with Gasteiger partial charge in [0.2, 0.25) is 0 Å². The first-order valence-electron chi connectivity index (χ1n) is 11.0. The van der Waals surface area contributed by atoms with Gasteiger partial charge >= 0.3 is 5.97 Å². The fraction of sp³-hybridized carbons (Fsp3) is 0.360. The number of carbonyl (C=O) groups excluding carboxylic acids is 1. The van der Waals surface area contributed by atoms with Crippen LogP contribution in [0.15, 0.2) is 48.7 Å². The van der Waals surface area contributed by atoms with Crippen LogP contribution in [0.3, 0.4) is 0 Å². The van der Waals surface area contributed by atoms with E-state index >= 15 is 0 Å². The normalized spacial score (nSPS) is 13.8. The summed E-state index contributed by atoms with van der Waals surface area (Å²) in [6, 6.07) is 13.9. The SMILES string of the molecule is CCOC(=O)c1cnc2c(OC)cccc2c1N1CCN(c2ccccc2OCC)CC1. The highest BCUT2D eigenvalue weighted by Crippen LogP contribution is 2.36. The van der Waals surface area contributed by atoms with E-state index in [9.17, 15) is 4.79 Å². The van der Waals surface area contributed by atoms with Crippen molar-refractivity contribution in [2.24, 2.45) is 0 Å². The van der Waals surface area contributed by atoms with Crippen molar-refractivity contribution in [1.82, 2.24) is 4.98 Å². The Morgan fingerprint density at radius 3 is 2.38 bits per heavy atom. The van der Waals surface area contributed by atoms with E-state index in [0.717, 1.165) is 54.2 Å². The van der Waals surface area contributed by atoms with E-state index < -0.39 is 0 Å². The quantitative estimate of drug-likeness (QED) is 0.517. The molecule has 0 amide bonds. The third-order valence-corrected chi connectivity index (χ3v) is 5.65. The van der Waals surface area contributed by atoms with Crippen LogP contribution in [0, 0.1) is 0 Å². The number of nitrogens with zero attached hydrogens (tertiary/aromatic N) is 3. The minimum atomic E-state index is -0.358. The highest BCUT2D eigenvalue weighted by molar-refractivity contribution is 6.06. The number of ether oxygens (including phenoxy) is 3. The molecule has 32 heavy (non-hydrogen) atoms. The van der Waals surface area contributed by atoms with E-state index in [0.29, 0.717) is 24.5 Å². The number of carbonyl (C=O) groups is 1. The molecule has 0 unspecified atom stereocenters. The summed E-state index contributed by atoms with van der Waals surface area (Å²) in [7, 11) is 1.63. The summed E-state index contributed by atoms with van der Waals surface area (Å²) in [5.74, 6) is 1.22. The van der Waals surface area contributed by atoms with Crippen molar-refractivity contribution in [2.45, 2.75) is 13.8 Å². The summed E-state index contributed by atoms with van der Waals surface area (Å²) in [6.45, 7) is 7.87. The summed E-state index contributed by atoms with van der Waals surface area (Å²) < 4.78 is 16.7. The molecule has 0 radical (unpaired) electrons. The molecule has 2 heterocycles. The fourth-order valence-corrected chi connectivity index (χ4v) is 4.21. The van der Waals surface area contributed by atoms with Crippen LogP contribution in [0.2, 0.25) is 0 Å². The van der Waals surface area contributed by atoms with Crippen LogP contribution in [0.25, 0.3) is 10.9 Å². The van der Waals surface area contributed by atoms with Gasteiger partial charge in [-0.05, 0) is 32.0 Å². The molecule has 7 nitrogen and oxygen atoms in total. The topological polar surface area (TPSA) is 64.1 Å². The number of aromatic nitrogens is 1. The van der Waals surface area contributed by atoms with Gasteiger partial charge in [-0.1, -0.05) is 24.3 Å². The molecule has 1 aromatic heterocycles. The second-order valence-corrected chi connectivity index (χ2v) is 7.47. The lowest BCUT2D eigenvalue weighted by Gasteiger charge is -2.38. The number of rotatable bonds is 7. The number of pyridine rings is 1. The van der Waals surface area contributed by atoms with Gasteiger partial charge in [-0.25, -0.2) is 4.79 Å². The van der Waals surface area contributed by atoms with Crippen LogP contribution in [-0.2, 0) is 4.74 Å². The Morgan fingerprint density at radius 1 is 0.938 bits per heavy atom. The molecule has 0 spiro atoms. The van der Waals surface area contributed by atoms with Crippen LogP contribution >= 0.6 is 0 Å². The molecule has 0 N–H and O–H groups in total. The van der Waals surface area contributed by atoms with Crippen molar-refractivity contribution in [3.63, 3.8) is 0 Å². The highest BCUT2D eigenvalue weighted by Gasteiger charge is 2.26. The molecule has 4 rings (SSSR count). The summed E-state index contributed by atoms with van der Waals surface area (Å²) >= 11 is 0. The number of anilines is 2. The molecule has 0 bridgehead atoms. The van der Waals surface area contributed by atoms with Crippen molar-refractivity contribution >= 4 is 28.2 Å². The largest absolute Gasteiger partial charge is 0.494 e. The Kier molecular flexibility index (Phi) is 6.63. The first-order valence-corrected chi connectivity index (χ1v) is 11.0. The van der Waals surface area contributed by atoms with Crippen molar-refractivity contribution < 1.29 is 19.0 Å².